The molecule has 0 aromatic carbocycles. The summed E-state index contributed by atoms with van der Waals surface area (Å²) in [6, 6.07) is 0. The summed E-state index contributed by atoms with van der Waals surface area (Å²) in [5, 5.41) is 0. The lowest BCUT2D eigenvalue weighted by molar-refractivity contribution is -0.229. The Hall–Kier alpha value is -0.850. The van der Waals surface area contributed by atoms with Gasteiger partial charge in [-0.1, -0.05) is 40.5 Å². The molecule has 3 nitrogen and oxygen atoms in total. The van der Waals surface area contributed by atoms with Crippen molar-refractivity contribution >= 4 is 5.78 Å². The van der Waals surface area contributed by atoms with Crippen LogP contribution in [0.25, 0.3) is 0 Å². The van der Waals surface area contributed by atoms with Crippen molar-refractivity contribution < 1.29 is 14.3 Å². The maximum absolute atomic E-state index is 12.1. The zero-order chi connectivity index (χ0) is 22.7. The molecule has 1 aliphatic heterocycles. The molecule has 0 N–H and O–H groups in total. The van der Waals surface area contributed by atoms with E-state index in [9.17, 15) is 4.79 Å². The average Bonchev–Trinajstić information content (AvgIpc) is 3.36. The Morgan fingerprint density at radius 3 is 2.31 bits per heavy atom. The molecule has 0 bridgehead atoms. The van der Waals surface area contributed by atoms with E-state index in [1.807, 2.05) is 13.8 Å². The van der Waals surface area contributed by atoms with Gasteiger partial charge < -0.3 is 9.47 Å². The second-order valence-corrected chi connectivity index (χ2v) is 12.8. The third-order valence-corrected chi connectivity index (χ3v) is 11.1. The third kappa shape index (κ3) is 3.51. The molecule has 1 saturated heterocycles. The number of carbonyl (C=O) groups excluding carboxylic acids is 1. The zero-order valence-electron chi connectivity index (χ0n) is 21.0. The number of ketones is 1. The SMILES string of the molecule is CC(C)C(=O)C#C[C@@H](C)[C@H]1CC[C@H]2[C@@H]3CC[C@H]4CC5(CC[C@]4(C)[C@H]3CC[C@]12C)OCCO5. The minimum atomic E-state index is -0.250. The molecule has 5 rings (SSSR count). The fourth-order valence-electron chi connectivity index (χ4n) is 9.25. The van der Waals surface area contributed by atoms with Crippen LogP contribution >= 0.6 is 0 Å². The van der Waals surface area contributed by atoms with Crippen molar-refractivity contribution in [1.82, 2.24) is 0 Å². The number of fused-ring (bicyclic) bond motifs is 5. The fraction of sp³-hybridized carbons (Fsp3) is 0.897. The minimum Gasteiger partial charge on any atom is -0.348 e. The van der Waals surface area contributed by atoms with Gasteiger partial charge in [-0.2, -0.15) is 0 Å². The van der Waals surface area contributed by atoms with E-state index >= 15 is 0 Å². The van der Waals surface area contributed by atoms with E-state index in [0.717, 1.165) is 49.7 Å². The molecule has 1 spiro atoms. The molecule has 32 heavy (non-hydrogen) atoms. The molecule has 4 saturated carbocycles. The van der Waals surface area contributed by atoms with E-state index < -0.39 is 0 Å². The van der Waals surface area contributed by atoms with E-state index in [2.05, 4.69) is 32.6 Å². The van der Waals surface area contributed by atoms with Crippen LogP contribution in [0.5, 0.6) is 0 Å². The monoisotopic (exact) mass is 440 g/mol. The van der Waals surface area contributed by atoms with E-state index in [0.29, 0.717) is 22.7 Å². The molecule has 5 aliphatic rings. The Kier molecular flexibility index (Phi) is 5.82. The van der Waals surface area contributed by atoms with Crippen molar-refractivity contribution in [3.8, 4) is 11.8 Å². The molecular formula is C29H44O3. The van der Waals surface area contributed by atoms with Crippen molar-refractivity contribution in [3.05, 3.63) is 0 Å². The van der Waals surface area contributed by atoms with Crippen LogP contribution in [0.1, 0.15) is 92.4 Å². The second-order valence-electron chi connectivity index (χ2n) is 12.8. The molecule has 0 aromatic rings. The van der Waals surface area contributed by atoms with Gasteiger partial charge in [-0.05, 0) is 91.3 Å². The van der Waals surface area contributed by atoms with Gasteiger partial charge in [0.15, 0.2) is 5.79 Å². The molecule has 3 heteroatoms. The smallest absolute Gasteiger partial charge is 0.207 e. The molecule has 0 unspecified atom stereocenters. The van der Waals surface area contributed by atoms with Gasteiger partial charge in [0.2, 0.25) is 5.78 Å². The first-order valence-electron chi connectivity index (χ1n) is 13.5. The zero-order valence-corrected chi connectivity index (χ0v) is 21.0. The lowest BCUT2D eigenvalue weighted by Crippen LogP contribution is -2.56. The molecule has 8 atom stereocenters. The second kappa shape index (κ2) is 8.13. The van der Waals surface area contributed by atoms with E-state index in [-0.39, 0.29) is 17.5 Å². The Balaban J connectivity index is 1.32. The predicted octanol–water partition coefficient (Wildman–Crippen LogP) is 6.25. The summed E-state index contributed by atoms with van der Waals surface area (Å²) in [6.07, 6.45) is 11.6. The van der Waals surface area contributed by atoms with Gasteiger partial charge in [0.1, 0.15) is 0 Å². The van der Waals surface area contributed by atoms with Gasteiger partial charge in [-0.25, -0.2) is 0 Å². The summed E-state index contributed by atoms with van der Waals surface area (Å²) in [5.41, 5.74) is 0.852. The summed E-state index contributed by atoms with van der Waals surface area (Å²) in [7, 11) is 0. The van der Waals surface area contributed by atoms with Crippen molar-refractivity contribution in [1.29, 1.82) is 0 Å². The Bertz CT molecular complexity index is 799. The summed E-state index contributed by atoms with van der Waals surface area (Å²) in [5.74, 6) is 10.5. The van der Waals surface area contributed by atoms with Gasteiger partial charge in [-0.15, -0.1) is 0 Å². The van der Waals surface area contributed by atoms with Gasteiger partial charge in [0.25, 0.3) is 0 Å². The van der Waals surface area contributed by atoms with Crippen LogP contribution in [0.4, 0.5) is 0 Å². The number of hydrogen-bond acceptors (Lipinski definition) is 3. The number of hydrogen-bond donors (Lipinski definition) is 0. The van der Waals surface area contributed by atoms with E-state index in [4.69, 9.17) is 9.47 Å². The summed E-state index contributed by atoms with van der Waals surface area (Å²) in [6.45, 7) is 12.9. The molecule has 178 valence electrons. The highest BCUT2D eigenvalue weighted by atomic mass is 16.7. The van der Waals surface area contributed by atoms with Gasteiger partial charge >= 0.3 is 0 Å². The topological polar surface area (TPSA) is 35.5 Å². The number of rotatable bonds is 2. The van der Waals surface area contributed by atoms with Gasteiger partial charge in [-0.3, -0.25) is 4.79 Å². The standard InChI is InChI=1S/C29H44O3/c1-19(2)26(30)11-6-20(3)23-9-10-24-22-8-7-21-18-29(31-16-17-32-29)15-14-27(21,4)25(22)12-13-28(23,24)5/h19-25H,7-10,12-18H2,1-5H3/t20-,21+,22+,23-,24+,25+,27+,28-/m1/s1. The lowest BCUT2D eigenvalue weighted by Gasteiger charge is -2.62. The van der Waals surface area contributed by atoms with Crippen LogP contribution < -0.4 is 0 Å². The minimum absolute atomic E-state index is 0.0163. The third-order valence-electron chi connectivity index (χ3n) is 11.1. The molecule has 1 heterocycles. The maximum Gasteiger partial charge on any atom is 0.207 e. The molecular weight excluding hydrogens is 396 g/mol. The Morgan fingerprint density at radius 1 is 0.875 bits per heavy atom. The quantitative estimate of drug-likeness (QED) is 0.376. The van der Waals surface area contributed by atoms with Crippen LogP contribution in [0.3, 0.4) is 0 Å². The highest BCUT2D eigenvalue weighted by molar-refractivity contribution is 5.96. The van der Waals surface area contributed by atoms with Crippen LogP contribution in [-0.4, -0.2) is 24.8 Å². The van der Waals surface area contributed by atoms with Crippen LogP contribution in [0, 0.1) is 64.1 Å². The van der Waals surface area contributed by atoms with E-state index in [1.54, 1.807) is 0 Å². The highest BCUT2D eigenvalue weighted by Gasteiger charge is 2.62. The molecule has 0 amide bonds. The highest BCUT2D eigenvalue weighted by Crippen LogP contribution is 2.69. The number of ether oxygens (including phenoxy) is 2. The van der Waals surface area contributed by atoms with Gasteiger partial charge in [0, 0.05) is 24.7 Å². The first-order valence-corrected chi connectivity index (χ1v) is 13.5. The van der Waals surface area contributed by atoms with Gasteiger partial charge in [0.05, 0.1) is 13.2 Å². The van der Waals surface area contributed by atoms with E-state index in [1.165, 1.54) is 44.9 Å². The van der Waals surface area contributed by atoms with Crippen LogP contribution in [-0.2, 0) is 14.3 Å². The summed E-state index contributed by atoms with van der Waals surface area (Å²) < 4.78 is 12.3. The van der Waals surface area contributed by atoms with Crippen LogP contribution in [0.2, 0.25) is 0 Å². The fourth-order valence-corrected chi connectivity index (χ4v) is 9.25. The van der Waals surface area contributed by atoms with Crippen molar-refractivity contribution in [3.63, 3.8) is 0 Å². The van der Waals surface area contributed by atoms with Crippen molar-refractivity contribution in [2.24, 2.45) is 52.3 Å². The first-order chi connectivity index (χ1) is 15.2. The molecule has 5 fully saturated rings. The normalized spacial score (nSPS) is 45.5. The first kappa shape index (κ1) is 22.9. The van der Waals surface area contributed by atoms with Crippen molar-refractivity contribution in [2.45, 2.75) is 98.2 Å². The maximum atomic E-state index is 12.1. The van der Waals surface area contributed by atoms with Crippen LogP contribution in [0.15, 0.2) is 0 Å². The Labute approximate surface area is 195 Å². The lowest BCUT2D eigenvalue weighted by atomic mass is 9.44. The predicted molar refractivity (Wildman–Crippen MR) is 127 cm³/mol. The number of Topliss-reactive ketones (excluding diaryl/α,β-unsaturated/α-hetero) is 1. The molecule has 0 aromatic heterocycles. The summed E-state index contributed by atoms with van der Waals surface area (Å²) in [4.78, 5) is 12.1. The Morgan fingerprint density at radius 2 is 1.59 bits per heavy atom. The summed E-state index contributed by atoms with van der Waals surface area (Å²) >= 11 is 0. The number of carbonyl (C=O) groups is 1. The average molecular weight is 441 g/mol. The molecule has 4 aliphatic carbocycles. The van der Waals surface area contributed by atoms with Crippen molar-refractivity contribution in [2.75, 3.05) is 13.2 Å². The largest absolute Gasteiger partial charge is 0.348 e. The molecule has 0 radical (unpaired) electrons.